The summed E-state index contributed by atoms with van der Waals surface area (Å²) in [5.41, 5.74) is -0.561. The van der Waals surface area contributed by atoms with Crippen LogP contribution in [0.3, 0.4) is 0 Å². The van der Waals surface area contributed by atoms with Crippen molar-refractivity contribution in [2.24, 2.45) is 11.8 Å². The second-order valence-corrected chi connectivity index (χ2v) is 7.50. The van der Waals surface area contributed by atoms with E-state index < -0.39 is 17.7 Å². The van der Waals surface area contributed by atoms with Gasteiger partial charge < -0.3 is 19.7 Å². The first kappa shape index (κ1) is 18.5. The van der Waals surface area contributed by atoms with Gasteiger partial charge in [0.05, 0.1) is 13.7 Å². The van der Waals surface area contributed by atoms with Crippen molar-refractivity contribution in [1.82, 2.24) is 10.2 Å². The van der Waals surface area contributed by atoms with E-state index in [-0.39, 0.29) is 29.8 Å². The number of methoxy groups -OCH3 is 1. The molecule has 0 radical (unpaired) electrons. The van der Waals surface area contributed by atoms with E-state index in [9.17, 15) is 14.4 Å². The summed E-state index contributed by atoms with van der Waals surface area (Å²) < 4.78 is 10.2. The van der Waals surface area contributed by atoms with Gasteiger partial charge in [0.1, 0.15) is 11.6 Å². The number of nitrogens with zero attached hydrogens (tertiary/aromatic N) is 1. The number of carbonyl (C=O) groups is 3. The fourth-order valence-corrected chi connectivity index (χ4v) is 3.63. The fraction of sp³-hybridized carbons (Fsp3) is 0.824. The largest absolute Gasteiger partial charge is 0.457 e. The highest BCUT2D eigenvalue weighted by Gasteiger charge is 2.53. The molecular weight excluding hydrogens is 312 g/mol. The predicted molar refractivity (Wildman–Crippen MR) is 87.2 cm³/mol. The molecule has 2 saturated heterocycles. The number of ether oxygens (including phenoxy) is 2. The number of nitrogens with one attached hydrogen (secondary N) is 1. The number of alkyl carbamates (subject to hydrolysis) is 1. The third-order valence-corrected chi connectivity index (χ3v) is 5.00. The lowest BCUT2D eigenvalue weighted by Gasteiger charge is -2.32. The van der Waals surface area contributed by atoms with Crippen molar-refractivity contribution in [3.05, 3.63) is 0 Å². The molecule has 0 saturated carbocycles. The molecule has 136 valence electrons. The van der Waals surface area contributed by atoms with E-state index in [4.69, 9.17) is 4.74 Å². The molecule has 7 heteroatoms. The first-order valence-electron chi connectivity index (χ1n) is 8.56. The smallest absolute Gasteiger partial charge is 0.407 e. The maximum absolute atomic E-state index is 13.1. The summed E-state index contributed by atoms with van der Waals surface area (Å²) in [5, 5.41) is 2.63. The Kier molecular flexibility index (Phi) is 5.40. The van der Waals surface area contributed by atoms with Crippen LogP contribution in [0.2, 0.25) is 0 Å². The van der Waals surface area contributed by atoms with Crippen LogP contribution in [-0.4, -0.2) is 54.2 Å². The molecule has 1 N–H and O–H groups in total. The maximum Gasteiger partial charge on any atom is 0.407 e. The summed E-state index contributed by atoms with van der Waals surface area (Å²) >= 11 is 0. The van der Waals surface area contributed by atoms with Gasteiger partial charge in [-0.25, -0.2) is 4.79 Å². The fourth-order valence-electron chi connectivity index (χ4n) is 3.63. The summed E-state index contributed by atoms with van der Waals surface area (Å²) in [5.74, 6) is -0.181. The minimum atomic E-state index is -0.661. The van der Waals surface area contributed by atoms with Gasteiger partial charge in [0.2, 0.25) is 5.91 Å². The van der Waals surface area contributed by atoms with Crippen molar-refractivity contribution in [2.45, 2.75) is 64.6 Å². The third kappa shape index (κ3) is 3.65. The van der Waals surface area contributed by atoms with Crippen LogP contribution in [0.4, 0.5) is 4.79 Å². The molecule has 3 atom stereocenters. The zero-order valence-electron chi connectivity index (χ0n) is 15.1. The third-order valence-electron chi connectivity index (χ3n) is 5.00. The van der Waals surface area contributed by atoms with Crippen molar-refractivity contribution in [2.75, 3.05) is 13.7 Å². The van der Waals surface area contributed by atoms with Gasteiger partial charge in [-0.2, -0.15) is 0 Å². The molecule has 0 bridgehead atoms. The van der Waals surface area contributed by atoms with E-state index in [1.807, 2.05) is 13.8 Å². The molecule has 24 heavy (non-hydrogen) atoms. The van der Waals surface area contributed by atoms with E-state index in [1.54, 1.807) is 4.90 Å². The highest BCUT2D eigenvalue weighted by atomic mass is 16.6. The van der Waals surface area contributed by atoms with Crippen LogP contribution in [0.5, 0.6) is 0 Å². The Morgan fingerprint density at radius 3 is 2.46 bits per heavy atom. The van der Waals surface area contributed by atoms with Crippen LogP contribution in [0.25, 0.3) is 0 Å². The van der Waals surface area contributed by atoms with Crippen LogP contribution in [-0.2, 0) is 19.1 Å². The Morgan fingerprint density at radius 1 is 1.33 bits per heavy atom. The van der Waals surface area contributed by atoms with Gasteiger partial charge in [0.15, 0.2) is 0 Å². The Bertz CT molecular complexity index is 519. The zero-order chi connectivity index (χ0) is 18.1. The summed E-state index contributed by atoms with van der Waals surface area (Å²) in [7, 11) is 1.27. The molecule has 2 aliphatic rings. The van der Waals surface area contributed by atoms with Crippen LogP contribution in [0.1, 0.15) is 47.0 Å². The number of hydrogen-bond donors (Lipinski definition) is 1. The number of rotatable bonds is 4. The summed E-state index contributed by atoms with van der Waals surface area (Å²) in [6, 6.07) is -0.671. The minimum absolute atomic E-state index is 0.0101. The molecule has 2 fully saturated rings. The van der Waals surface area contributed by atoms with Crippen LogP contribution < -0.4 is 5.32 Å². The van der Waals surface area contributed by atoms with E-state index in [2.05, 4.69) is 23.9 Å². The quantitative estimate of drug-likeness (QED) is 0.787. The van der Waals surface area contributed by atoms with E-state index >= 15 is 0 Å². The SMILES string of the molecule is COC(=O)N[C@H](C(=O)N1C[C@]2(CCC(=O)O2)C[C@H]1C(C)C)C(C)C. The molecule has 1 spiro atoms. The summed E-state index contributed by atoms with van der Waals surface area (Å²) in [6.45, 7) is 8.26. The van der Waals surface area contributed by atoms with Crippen molar-refractivity contribution in [3.8, 4) is 0 Å². The van der Waals surface area contributed by atoms with Gasteiger partial charge in [-0.15, -0.1) is 0 Å². The monoisotopic (exact) mass is 340 g/mol. The van der Waals surface area contributed by atoms with Gasteiger partial charge in [-0.1, -0.05) is 27.7 Å². The van der Waals surface area contributed by atoms with E-state index in [1.165, 1.54) is 7.11 Å². The molecule has 0 aliphatic carbocycles. The normalized spacial score (nSPS) is 27.7. The number of hydrogen-bond acceptors (Lipinski definition) is 5. The molecule has 2 rings (SSSR count). The molecular formula is C17H28N2O5. The van der Waals surface area contributed by atoms with Gasteiger partial charge in [-0.05, 0) is 18.3 Å². The average Bonchev–Trinajstić information content (AvgIpc) is 3.07. The second kappa shape index (κ2) is 6.99. The molecule has 0 aromatic heterocycles. The lowest BCUT2D eigenvalue weighted by atomic mass is 9.92. The summed E-state index contributed by atoms with van der Waals surface area (Å²) in [4.78, 5) is 38.0. The maximum atomic E-state index is 13.1. The molecule has 0 aromatic carbocycles. The summed E-state index contributed by atoms with van der Waals surface area (Å²) in [6.07, 6.45) is 1.09. The van der Waals surface area contributed by atoms with E-state index in [0.29, 0.717) is 25.8 Å². The zero-order valence-corrected chi connectivity index (χ0v) is 15.1. The molecule has 2 heterocycles. The second-order valence-electron chi connectivity index (χ2n) is 7.50. The number of likely N-dealkylation sites (tertiary alicyclic amines) is 1. The Hall–Kier alpha value is -1.79. The van der Waals surface area contributed by atoms with Crippen molar-refractivity contribution in [1.29, 1.82) is 0 Å². The topological polar surface area (TPSA) is 84.9 Å². The van der Waals surface area contributed by atoms with Gasteiger partial charge in [0, 0.05) is 18.9 Å². The highest BCUT2D eigenvalue weighted by molar-refractivity contribution is 5.86. The van der Waals surface area contributed by atoms with Crippen LogP contribution in [0.15, 0.2) is 0 Å². The average molecular weight is 340 g/mol. The molecule has 0 aromatic rings. The Balaban J connectivity index is 2.21. The standard InChI is InChI=1S/C17H28N2O5/c1-10(2)12-8-17(7-6-13(20)24-17)9-19(12)15(21)14(11(3)4)18-16(22)23-5/h10-12,14H,6-9H2,1-5H3,(H,18,22)/t12-,14-,17-/m0/s1. The van der Waals surface area contributed by atoms with E-state index in [0.717, 1.165) is 0 Å². The number of carbonyl (C=O) groups excluding carboxylic acids is 3. The van der Waals surface area contributed by atoms with Crippen molar-refractivity contribution < 1.29 is 23.9 Å². The first-order valence-corrected chi connectivity index (χ1v) is 8.56. The molecule has 2 aliphatic heterocycles. The van der Waals surface area contributed by atoms with Gasteiger partial charge in [0.25, 0.3) is 0 Å². The number of amides is 2. The van der Waals surface area contributed by atoms with Gasteiger partial charge in [-0.3, -0.25) is 9.59 Å². The molecule has 0 unspecified atom stereocenters. The Morgan fingerprint density at radius 2 is 2.00 bits per heavy atom. The highest BCUT2D eigenvalue weighted by Crippen LogP contribution is 2.41. The van der Waals surface area contributed by atoms with Crippen molar-refractivity contribution >= 4 is 18.0 Å². The van der Waals surface area contributed by atoms with Gasteiger partial charge >= 0.3 is 12.1 Å². The minimum Gasteiger partial charge on any atom is -0.457 e. The van der Waals surface area contributed by atoms with Crippen LogP contribution >= 0.6 is 0 Å². The van der Waals surface area contributed by atoms with Crippen LogP contribution in [0, 0.1) is 11.8 Å². The Labute approximate surface area is 143 Å². The van der Waals surface area contributed by atoms with Crippen molar-refractivity contribution in [3.63, 3.8) is 0 Å². The molecule has 2 amide bonds. The predicted octanol–water partition coefficient (Wildman–Crippen LogP) is 1.70. The first-order chi connectivity index (χ1) is 11.2. The molecule has 7 nitrogen and oxygen atoms in total. The lowest BCUT2D eigenvalue weighted by Crippen LogP contribution is -2.53. The lowest BCUT2D eigenvalue weighted by molar-refractivity contribution is -0.149. The number of esters is 1.